The molecule has 0 bridgehead atoms. The molecular weight excluding hydrogens is 410 g/mol. The molecule has 1 aliphatic heterocycles. The predicted octanol–water partition coefficient (Wildman–Crippen LogP) is 3.42. The second kappa shape index (κ2) is 9.34. The molecule has 31 heavy (non-hydrogen) atoms. The summed E-state index contributed by atoms with van der Waals surface area (Å²) in [6, 6.07) is 13.9. The SMILES string of the molecule is Cc1ccc(-n2cnnc2SCC(=O)NCc2ccc(N3CCCC3=O)cc2)cc1C. The lowest BCUT2D eigenvalue weighted by Gasteiger charge is -2.16. The smallest absolute Gasteiger partial charge is 0.230 e. The van der Waals surface area contributed by atoms with E-state index in [1.165, 1.54) is 22.9 Å². The van der Waals surface area contributed by atoms with Crippen LogP contribution in [0.2, 0.25) is 0 Å². The zero-order valence-electron chi connectivity index (χ0n) is 17.7. The zero-order chi connectivity index (χ0) is 21.8. The zero-order valence-corrected chi connectivity index (χ0v) is 18.5. The van der Waals surface area contributed by atoms with Crippen LogP contribution in [-0.2, 0) is 16.1 Å². The number of carbonyl (C=O) groups is 2. The molecule has 0 atom stereocenters. The lowest BCUT2D eigenvalue weighted by atomic mass is 10.1. The third-order valence-electron chi connectivity index (χ3n) is 5.43. The van der Waals surface area contributed by atoms with Crippen LogP contribution in [0.4, 0.5) is 5.69 Å². The van der Waals surface area contributed by atoms with Crippen LogP contribution in [-0.4, -0.2) is 38.9 Å². The Morgan fingerprint density at radius 2 is 1.87 bits per heavy atom. The van der Waals surface area contributed by atoms with Crippen molar-refractivity contribution in [1.82, 2.24) is 20.1 Å². The van der Waals surface area contributed by atoms with Crippen molar-refractivity contribution in [2.45, 2.75) is 38.4 Å². The van der Waals surface area contributed by atoms with E-state index in [9.17, 15) is 9.59 Å². The number of hydrogen-bond donors (Lipinski definition) is 1. The minimum Gasteiger partial charge on any atom is -0.351 e. The van der Waals surface area contributed by atoms with Crippen molar-refractivity contribution < 1.29 is 9.59 Å². The summed E-state index contributed by atoms with van der Waals surface area (Å²) >= 11 is 1.35. The number of nitrogens with zero attached hydrogens (tertiary/aromatic N) is 4. The molecule has 7 nitrogen and oxygen atoms in total. The van der Waals surface area contributed by atoms with Crippen molar-refractivity contribution in [3.63, 3.8) is 0 Å². The average Bonchev–Trinajstić information content (AvgIpc) is 3.42. The summed E-state index contributed by atoms with van der Waals surface area (Å²) in [6.45, 7) is 5.36. The largest absolute Gasteiger partial charge is 0.351 e. The fourth-order valence-corrected chi connectivity index (χ4v) is 4.23. The fourth-order valence-electron chi connectivity index (χ4n) is 3.47. The third kappa shape index (κ3) is 4.96. The number of rotatable bonds is 7. The van der Waals surface area contributed by atoms with Gasteiger partial charge in [-0.2, -0.15) is 0 Å². The molecule has 1 saturated heterocycles. The van der Waals surface area contributed by atoms with E-state index in [4.69, 9.17) is 0 Å². The molecule has 1 aliphatic rings. The Kier molecular flexibility index (Phi) is 6.36. The van der Waals surface area contributed by atoms with E-state index >= 15 is 0 Å². The Morgan fingerprint density at radius 3 is 2.58 bits per heavy atom. The first-order valence-electron chi connectivity index (χ1n) is 10.3. The summed E-state index contributed by atoms with van der Waals surface area (Å²) in [4.78, 5) is 26.0. The van der Waals surface area contributed by atoms with Crippen LogP contribution < -0.4 is 10.2 Å². The summed E-state index contributed by atoms with van der Waals surface area (Å²) in [5.41, 5.74) is 5.31. The number of anilines is 1. The Hall–Kier alpha value is -3.13. The van der Waals surface area contributed by atoms with Gasteiger partial charge >= 0.3 is 0 Å². The number of hydrogen-bond acceptors (Lipinski definition) is 5. The van der Waals surface area contributed by atoms with Crippen molar-refractivity contribution in [1.29, 1.82) is 0 Å². The molecule has 0 aliphatic carbocycles. The Balaban J connectivity index is 1.30. The first kappa shape index (κ1) is 21.1. The minimum absolute atomic E-state index is 0.0709. The number of aromatic nitrogens is 3. The predicted molar refractivity (Wildman–Crippen MR) is 121 cm³/mol. The quantitative estimate of drug-likeness (QED) is 0.575. The van der Waals surface area contributed by atoms with Crippen molar-refractivity contribution in [3.8, 4) is 5.69 Å². The molecular formula is C23H25N5O2S. The summed E-state index contributed by atoms with van der Waals surface area (Å²) in [5, 5.41) is 11.8. The van der Waals surface area contributed by atoms with Gasteiger partial charge in [0, 0.05) is 30.9 Å². The van der Waals surface area contributed by atoms with E-state index in [1.807, 2.05) is 39.8 Å². The van der Waals surface area contributed by atoms with E-state index in [1.54, 1.807) is 6.33 Å². The Labute approximate surface area is 185 Å². The van der Waals surface area contributed by atoms with Crippen LogP contribution >= 0.6 is 11.8 Å². The second-order valence-electron chi connectivity index (χ2n) is 7.63. The van der Waals surface area contributed by atoms with Crippen LogP contribution in [0.5, 0.6) is 0 Å². The summed E-state index contributed by atoms with van der Waals surface area (Å²) in [6.07, 6.45) is 3.19. The van der Waals surface area contributed by atoms with Gasteiger partial charge in [-0.15, -0.1) is 10.2 Å². The minimum atomic E-state index is -0.0709. The van der Waals surface area contributed by atoms with Gasteiger partial charge in [-0.25, -0.2) is 0 Å². The maximum absolute atomic E-state index is 12.3. The van der Waals surface area contributed by atoms with Gasteiger partial charge < -0.3 is 10.2 Å². The van der Waals surface area contributed by atoms with Gasteiger partial charge in [0.2, 0.25) is 11.8 Å². The molecule has 0 saturated carbocycles. The van der Waals surface area contributed by atoms with Gasteiger partial charge in [0.1, 0.15) is 6.33 Å². The first-order valence-corrected chi connectivity index (χ1v) is 11.3. The molecule has 2 heterocycles. The molecule has 0 spiro atoms. The number of carbonyl (C=O) groups excluding carboxylic acids is 2. The van der Waals surface area contributed by atoms with Gasteiger partial charge in [-0.1, -0.05) is 30.0 Å². The van der Waals surface area contributed by atoms with Crippen LogP contribution in [0.25, 0.3) is 5.69 Å². The van der Waals surface area contributed by atoms with Gasteiger partial charge in [0.05, 0.1) is 5.75 Å². The van der Waals surface area contributed by atoms with Crippen LogP contribution in [0.15, 0.2) is 53.9 Å². The summed E-state index contributed by atoms with van der Waals surface area (Å²) < 4.78 is 1.89. The second-order valence-corrected chi connectivity index (χ2v) is 8.58. The van der Waals surface area contributed by atoms with Crippen LogP contribution in [0, 0.1) is 13.8 Å². The Bertz CT molecular complexity index is 1090. The van der Waals surface area contributed by atoms with Gasteiger partial charge in [-0.3, -0.25) is 14.2 Å². The van der Waals surface area contributed by atoms with Crippen molar-refractivity contribution >= 4 is 29.3 Å². The maximum Gasteiger partial charge on any atom is 0.230 e. The van der Waals surface area contributed by atoms with E-state index in [-0.39, 0.29) is 17.6 Å². The highest BCUT2D eigenvalue weighted by molar-refractivity contribution is 7.99. The van der Waals surface area contributed by atoms with Gasteiger partial charge in [0.15, 0.2) is 5.16 Å². The normalized spacial score (nSPS) is 13.6. The van der Waals surface area contributed by atoms with Crippen LogP contribution in [0.3, 0.4) is 0 Å². The number of benzene rings is 2. The van der Waals surface area contributed by atoms with Crippen molar-refractivity contribution in [3.05, 3.63) is 65.5 Å². The topological polar surface area (TPSA) is 80.1 Å². The van der Waals surface area contributed by atoms with Crippen molar-refractivity contribution in [2.75, 3.05) is 17.2 Å². The maximum atomic E-state index is 12.3. The highest BCUT2D eigenvalue weighted by atomic mass is 32.2. The lowest BCUT2D eigenvalue weighted by Crippen LogP contribution is -2.25. The number of nitrogens with one attached hydrogen (secondary N) is 1. The lowest BCUT2D eigenvalue weighted by molar-refractivity contribution is -0.119. The first-order chi connectivity index (χ1) is 15.0. The third-order valence-corrected chi connectivity index (χ3v) is 6.37. The standard InChI is InChI=1S/C23H25N5O2S/c1-16-5-8-20(12-17(16)2)28-15-25-26-23(28)31-14-21(29)24-13-18-6-9-19(10-7-18)27-11-3-4-22(27)30/h5-10,12,15H,3-4,11,13-14H2,1-2H3,(H,24,29). The highest BCUT2D eigenvalue weighted by Crippen LogP contribution is 2.22. The fraction of sp³-hybridized carbons (Fsp3) is 0.304. The molecule has 3 aromatic rings. The van der Waals surface area contributed by atoms with Crippen LogP contribution in [0.1, 0.15) is 29.5 Å². The molecule has 2 aromatic carbocycles. The average molecular weight is 436 g/mol. The monoisotopic (exact) mass is 435 g/mol. The molecule has 2 amide bonds. The molecule has 0 radical (unpaired) electrons. The summed E-state index contributed by atoms with van der Waals surface area (Å²) in [5.74, 6) is 0.356. The Morgan fingerprint density at radius 1 is 1.10 bits per heavy atom. The van der Waals surface area contributed by atoms with Crippen molar-refractivity contribution in [2.24, 2.45) is 0 Å². The number of thioether (sulfide) groups is 1. The molecule has 1 N–H and O–H groups in total. The summed E-state index contributed by atoms with van der Waals surface area (Å²) in [7, 11) is 0. The van der Waals surface area contributed by atoms with E-state index in [2.05, 4.69) is 41.5 Å². The highest BCUT2D eigenvalue weighted by Gasteiger charge is 2.21. The molecule has 8 heteroatoms. The van der Waals surface area contributed by atoms with Gasteiger partial charge in [0.25, 0.3) is 0 Å². The van der Waals surface area contributed by atoms with Gasteiger partial charge in [-0.05, 0) is 61.2 Å². The molecule has 160 valence electrons. The molecule has 1 fully saturated rings. The number of amides is 2. The van der Waals surface area contributed by atoms with E-state index in [0.717, 1.165) is 29.9 Å². The molecule has 4 rings (SSSR count). The number of aryl methyl sites for hydroxylation is 2. The molecule has 0 unspecified atom stereocenters. The van der Waals surface area contributed by atoms with E-state index < -0.39 is 0 Å². The van der Waals surface area contributed by atoms with E-state index in [0.29, 0.717) is 18.1 Å². The molecule has 1 aromatic heterocycles.